The predicted molar refractivity (Wildman–Crippen MR) is 153 cm³/mol. The molecule has 202 valence electrons. The van der Waals surface area contributed by atoms with Crippen LogP contribution in [0.1, 0.15) is 45.6 Å². The molecule has 0 saturated carbocycles. The van der Waals surface area contributed by atoms with Crippen molar-refractivity contribution >= 4 is 5.97 Å². The highest BCUT2D eigenvalue weighted by Crippen LogP contribution is 2.42. The van der Waals surface area contributed by atoms with Gasteiger partial charge in [0.25, 0.3) is 0 Å². The number of benzene rings is 4. The van der Waals surface area contributed by atoms with Crippen LogP contribution in [0.15, 0.2) is 108 Å². The largest absolute Gasteiger partial charge is 0.488 e. The Morgan fingerprint density at radius 3 is 1.93 bits per heavy atom. The van der Waals surface area contributed by atoms with Gasteiger partial charge in [0.1, 0.15) is 31.0 Å². The summed E-state index contributed by atoms with van der Waals surface area (Å²) in [7, 11) is 1.32. The fraction of sp³-hybridized carbons (Fsp3) is 0.176. The Balaban J connectivity index is 1.63. The summed E-state index contributed by atoms with van der Waals surface area (Å²) in [5.41, 5.74) is 6.21. The minimum atomic E-state index is -0.541. The van der Waals surface area contributed by atoms with E-state index in [4.69, 9.17) is 18.6 Å². The van der Waals surface area contributed by atoms with Crippen LogP contribution in [0, 0.1) is 0 Å². The smallest absolute Gasteiger partial charge is 0.360 e. The first-order valence-corrected chi connectivity index (χ1v) is 13.3. The SMILES string of the molecule is CCc1c(OCc2ccccc2)cc(OCc2ccccc2)c(-c2ccccc2)c1Cc1nc(C(=O)OC)co1. The normalized spacial score (nSPS) is 10.8. The molecule has 0 bridgehead atoms. The molecule has 0 atom stereocenters. The zero-order valence-electron chi connectivity index (χ0n) is 22.6. The molecule has 0 aliphatic heterocycles. The van der Waals surface area contributed by atoms with Gasteiger partial charge in [-0.05, 0) is 34.2 Å². The molecule has 0 amide bonds. The van der Waals surface area contributed by atoms with E-state index in [1.165, 1.54) is 13.4 Å². The van der Waals surface area contributed by atoms with Crippen molar-refractivity contribution in [1.29, 1.82) is 0 Å². The van der Waals surface area contributed by atoms with Crippen molar-refractivity contribution in [1.82, 2.24) is 4.98 Å². The zero-order valence-corrected chi connectivity index (χ0v) is 22.6. The first-order valence-electron chi connectivity index (χ1n) is 13.3. The van der Waals surface area contributed by atoms with Crippen LogP contribution in [0.3, 0.4) is 0 Å². The number of carbonyl (C=O) groups excluding carboxylic acids is 1. The molecule has 40 heavy (non-hydrogen) atoms. The molecule has 4 aromatic carbocycles. The third-order valence-electron chi connectivity index (χ3n) is 6.64. The average Bonchev–Trinajstić information content (AvgIpc) is 3.48. The maximum Gasteiger partial charge on any atom is 0.360 e. The van der Waals surface area contributed by atoms with Crippen LogP contribution in [0.4, 0.5) is 0 Å². The molecule has 6 nitrogen and oxygen atoms in total. The second-order valence-electron chi connectivity index (χ2n) is 9.27. The average molecular weight is 534 g/mol. The van der Waals surface area contributed by atoms with Crippen LogP contribution < -0.4 is 9.47 Å². The maximum absolute atomic E-state index is 12.1. The molecule has 0 unspecified atom stereocenters. The Morgan fingerprint density at radius 1 is 0.775 bits per heavy atom. The Morgan fingerprint density at radius 2 is 1.35 bits per heavy atom. The lowest BCUT2D eigenvalue weighted by Gasteiger charge is -2.22. The topological polar surface area (TPSA) is 70.8 Å². The van der Waals surface area contributed by atoms with Gasteiger partial charge in [-0.2, -0.15) is 0 Å². The molecule has 0 fully saturated rings. The quantitative estimate of drug-likeness (QED) is 0.164. The maximum atomic E-state index is 12.1. The molecule has 5 aromatic rings. The van der Waals surface area contributed by atoms with Gasteiger partial charge >= 0.3 is 5.97 Å². The summed E-state index contributed by atoms with van der Waals surface area (Å²) in [4.78, 5) is 16.5. The van der Waals surface area contributed by atoms with Crippen LogP contribution in [0.25, 0.3) is 11.1 Å². The molecule has 0 aliphatic rings. The number of methoxy groups -OCH3 is 1. The van der Waals surface area contributed by atoms with Crippen molar-refractivity contribution in [3.63, 3.8) is 0 Å². The Kier molecular flexibility index (Phi) is 8.57. The summed E-state index contributed by atoms with van der Waals surface area (Å²) in [6.45, 7) is 2.92. The molecule has 1 heterocycles. The van der Waals surface area contributed by atoms with Crippen LogP contribution in [0.5, 0.6) is 11.5 Å². The summed E-state index contributed by atoms with van der Waals surface area (Å²) in [6, 6.07) is 32.2. The summed E-state index contributed by atoms with van der Waals surface area (Å²) in [5, 5.41) is 0. The van der Waals surface area contributed by atoms with E-state index in [2.05, 4.69) is 24.0 Å². The minimum absolute atomic E-state index is 0.133. The van der Waals surface area contributed by atoms with Crippen LogP contribution in [-0.2, 0) is 30.8 Å². The zero-order chi connectivity index (χ0) is 27.7. The van der Waals surface area contributed by atoms with E-state index in [0.717, 1.165) is 39.1 Å². The Hall–Kier alpha value is -4.84. The Labute approximate surface area is 234 Å². The Bertz CT molecular complexity index is 1550. The molecule has 6 heteroatoms. The highest BCUT2D eigenvalue weighted by molar-refractivity contribution is 5.86. The number of oxazole rings is 1. The fourth-order valence-electron chi connectivity index (χ4n) is 4.69. The lowest BCUT2D eigenvalue weighted by Crippen LogP contribution is -2.08. The van der Waals surface area contributed by atoms with Crippen molar-refractivity contribution in [2.45, 2.75) is 33.0 Å². The lowest BCUT2D eigenvalue weighted by molar-refractivity contribution is 0.0594. The molecular formula is C34H31NO5. The van der Waals surface area contributed by atoms with Gasteiger partial charge < -0.3 is 18.6 Å². The van der Waals surface area contributed by atoms with Gasteiger partial charge in [0.2, 0.25) is 0 Å². The summed E-state index contributed by atoms with van der Waals surface area (Å²) < 4.78 is 23.5. The van der Waals surface area contributed by atoms with E-state index in [-0.39, 0.29) is 5.69 Å². The number of ether oxygens (including phenoxy) is 3. The molecule has 0 saturated heterocycles. The predicted octanol–water partition coefficient (Wildman–Crippen LogP) is 7.44. The van der Waals surface area contributed by atoms with Crippen molar-refractivity contribution in [3.8, 4) is 22.6 Å². The summed E-state index contributed by atoms with van der Waals surface area (Å²) in [5.74, 6) is 1.30. The number of hydrogen-bond donors (Lipinski definition) is 0. The van der Waals surface area contributed by atoms with E-state index in [1.807, 2.05) is 84.9 Å². The molecule has 1 aromatic heterocycles. The summed E-state index contributed by atoms with van der Waals surface area (Å²) >= 11 is 0. The van der Waals surface area contributed by atoms with Crippen molar-refractivity contribution in [2.75, 3.05) is 7.11 Å². The highest BCUT2D eigenvalue weighted by Gasteiger charge is 2.23. The van der Waals surface area contributed by atoms with E-state index in [9.17, 15) is 4.79 Å². The molecule has 5 rings (SSSR count). The molecule has 0 radical (unpaired) electrons. The van der Waals surface area contributed by atoms with E-state index in [1.54, 1.807) is 0 Å². The number of carbonyl (C=O) groups is 1. The number of rotatable bonds is 11. The third-order valence-corrected chi connectivity index (χ3v) is 6.64. The number of aromatic nitrogens is 1. The van der Waals surface area contributed by atoms with Gasteiger partial charge in [0.05, 0.1) is 13.5 Å². The molecular weight excluding hydrogens is 502 g/mol. The second-order valence-corrected chi connectivity index (χ2v) is 9.27. The van der Waals surface area contributed by atoms with Crippen molar-refractivity contribution in [3.05, 3.63) is 137 Å². The van der Waals surface area contributed by atoms with E-state index < -0.39 is 5.97 Å². The van der Waals surface area contributed by atoms with Gasteiger partial charge in [-0.25, -0.2) is 9.78 Å². The van der Waals surface area contributed by atoms with Gasteiger partial charge in [-0.15, -0.1) is 0 Å². The molecule has 0 aliphatic carbocycles. The number of esters is 1. The van der Waals surface area contributed by atoms with Gasteiger partial charge in [-0.3, -0.25) is 0 Å². The second kappa shape index (κ2) is 12.8. The highest BCUT2D eigenvalue weighted by atomic mass is 16.5. The monoisotopic (exact) mass is 533 g/mol. The van der Waals surface area contributed by atoms with E-state index >= 15 is 0 Å². The first-order chi connectivity index (χ1) is 19.7. The third kappa shape index (κ3) is 6.24. The fourth-order valence-corrected chi connectivity index (χ4v) is 4.69. The number of hydrogen-bond acceptors (Lipinski definition) is 6. The summed E-state index contributed by atoms with van der Waals surface area (Å²) in [6.07, 6.45) is 2.38. The number of nitrogens with zero attached hydrogens (tertiary/aromatic N) is 1. The van der Waals surface area contributed by atoms with Crippen LogP contribution >= 0.6 is 0 Å². The van der Waals surface area contributed by atoms with Crippen LogP contribution in [-0.4, -0.2) is 18.1 Å². The van der Waals surface area contributed by atoms with Crippen molar-refractivity contribution < 1.29 is 23.4 Å². The van der Waals surface area contributed by atoms with Gasteiger partial charge in [0.15, 0.2) is 11.6 Å². The van der Waals surface area contributed by atoms with Gasteiger partial charge in [-0.1, -0.05) is 97.9 Å². The standard InChI is InChI=1S/C34H31NO5/c1-3-27-28(19-32-35-29(23-40-32)34(36)37-2)33(26-17-11-6-12-18-26)31(39-22-25-15-9-5-10-16-25)20-30(27)38-21-24-13-7-4-8-14-24/h4-18,20,23H,3,19,21-22H2,1-2H3. The lowest BCUT2D eigenvalue weighted by atomic mass is 9.90. The minimum Gasteiger partial charge on any atom is -0.488 e. The molecule has 0 spiro atoms. The molecule has 0 N–H and O–H groups in total. The first kappa shape index (κ1) is 26.8. The van der Waals surface area contributed by atoms with Gasteiger partial charge in [0, 0.05) is 11.6 Å². The van der Waals surface area contributed by atoms with E-state index in [0.29, 0.717) is 37.7 Å². The van der Waals surface area contributed by atoms with Crippen molar-refractivity contribution in [2.24, 2.45) is 0 Å². The van der Waals surface area contributed by atoms with Crippen LogP contribution in [0.2, 0.25) is 0 Å².